The summed E-state index contributed by atoms with van der Waals surface area (Å²) in [6, 6.07) is 6.74. The Morgan fingerprint density at radius 2 is 1.66 bits per heavy atom. The third-order valence-electron chi connectivity index (χ3n) is 4.71. The standard InChI is InChI=1S/C22H27Cl3N2O2/c1-2-3-4-5-6-7-8-9-12-26-19-14-18(27-21(20(19)25)22(28)29)16-11-10-15(23)13-17(16)24/h10-11,13-14H,2-9,12H2,1H3,(H,26,27)(H,28,29). The van der Waals surface area contributed by atoms with Gasteiger partial charge in [-0.15, -0.1) is 0 Å². The molecule has 29 heavy (non-hydrogen) atoms. The highest BCUT2D eigenvalue weighted by Crippen LogP contribution is 2.34. The zero-order valence-corrected chi connectivity index (χ0v) is 18.9. The molecule has 1 heterocycles. The van der Waals surface area contributed by atoms with E-state index in [2.05, 4.69) is 17.2 Å². The van der Waals surface area contributed by atoms with Gasteiger partial charge in [0, 0.05) is 17.1 Å². The van der Waals surface area contributed by atoms with Gasteiger partial charge >= 0.3 is 5.97 Å². The highest BCUT2D eigenvalue weighted by atomic mass is 35.5. The van der Waals surface area contributed by atoms with Crippen molar-refractivity contribution in [3.63, 3.8) is 0 Å². The van der Waals surface area contributed by atoms with E-state index < -0.39 is 5.97 Å². The molecular formula is C22H27Cl3N2O2. The molecule has 0 radical (unpaired) electrons. The van der Waals surface area contributed by atoms with E-state index in [1.165, 1.54) is 38.5 Å². The van der Waals surface area contributed by atoms with Crippen LogP contribution in [-0.2, 0) is 0 Å². The Hall–Kier alpha value is -1.49. The van der Waals surface area contributed by atoms with Crippen LogP contribution >= 0.6 is 34.8 Å². The summed E-state index contributed by atoms with van der Waals surface area (Å²) in [6.07, 6.45) is 9.78. The molecule has 4 nitrogen and oxygen atoms in total. The van der Waals surface area contributed by atoms with Gasteiger partial charge in [0.05, 0.1) is 21.4 Å². The summed E-state index contributed by atoms with van der Waals surface area (Å²) in [4.78, 5) is 15.8. The number of pyridine rings is 1. The van der Waals surface area contributed by atoms with E-state index in [9.17, 15) is 9.90 Å². The lowest BCUT2D eigenvalue weighted by Gasteiger charge is -2.13. The fourth-order valence-electron chi connectivity index (χ4n) is 3.12. The van der Waals surface area contributed by atoms with Gasteiger partial charge in [0.15, 0.2) is 5.69 Å². The quantitative estimate of drug-likeness (QED) is 0.317. The Kier molecular flexibility index (Phi) is 10.1. The van der Waals surface area contributed by atoms with Crippen molar-refractivity contribution < 1.29 is 9.90 Å². The van der Waals surface area contributed by atoms with Gasteiger partial charge in [0.1, 0.15) is 0 Å². The number of rotatable bonds is 12. The Morgan fingerprint density at radius 1 is 1.00 bits per heavy atom. The number of benzene rings is 1. The molecule has 0 aliphatic carbocycles. The fraction of sp³-hybridized carbons (Fsp3) is 0.455. The van der Waals surface area contributed by atoms with Crippen LogP contribution in [0.2, 0.25) is 15.1 Å². The van der Waals surface area contributed by atoms with Gasteiger partial charge in [0.2, 0.25) is 0 Å². The van der Waals surface area contributed by atoms with Crippen LogP contribution in [0.3, 0.4) is 0 Å². The van der Waals surface area contributed by atoms with Gasteiger partial charge < -0.3 is 10.4 Å². The molecule has 0 bridgehead atoms. The number of nitrogens with one attached hydrogen (secondary N) is 1. The number of hydrogen-bond donors (Lipinski definition) is 2. The maximum absolute atomic E-state index is 11.6. The van der Waals surface area contributed by atoms with Crippen LogP contribution in [0, 0.1) is 0 Å². The van der Waals surface area contributed by atoms with Crippen LogP contribution in [0.25, 0.3) is 11.3 Å². The van der Waals surface area contributed by atoms with Crippen LogP contribution < -0.4 is 5.32 Å². The highest BCUT2D eigenvalue weighted by molar-refractivity contribution is 6.37. The minimum atomic E-state index is -1.18. The second kappa shape index (κ2) is 12.3. The molecule has 2 N–H and O–H groups in total. The van der Waals surface area contributed by atoms with E-state index in [1.807, 2.05) is 0 Å². The summed E-state index contributed by atoms with van der Waals surface area (Å²) in [7, 11) is 0. The molecule has 1 aromatic heterocycles. The molecule has 0 saturated carbocycles. The smallest absolute Gasteiger partial charge is 0.356 e. The molecule has 0 saturated heterocycles. The molecule has 0 spiro atoms. The van der Waals surface area contributed by atoms with Crippen molar-refractivity contribution in [3.05, 3.63) is 45.0 Å². The summed E-state index contributed by atoms with van der Waals surface area (Å²) < 4.78 is 0. The highest BCUT2D eigenvalue weighted by Gasteiger charge is 2.18. The van der Waals surface area contributed by atoms with Crippen molar-refractivity contribution in [2.75, 3.05) is 11.9 Å². The summed E-state index contributed by atoms with van der Waals surface area (Å²) >= 11 is 18.5. The number of carboxylic acids is 1. The summed E-state index contributed by atoms with van der Waals surface area (Å²) in [6.45, 7) is 2.93. The Labute approximate surface area is 187 Å². The van der Waals surface area contributed by atoms with Crippen LogP contribution in [-0.4, -0.2) is 22.6 Å². The lowest BCUT2D eigenvalue weighted by Crippen LogP contribution is -2.08. The Morgan fingerprint density at radius 3 is 2.28 bits per heavy atom. The zero-order valence-electron chi connectivity index (χ0n) is 16.6. The lowest BCUT2D eigenvalue weighted by atomic mass is 10.1. The second-order valence-electron chi connectivity index (χ2n) is 7.05. The first-order valence-electron chi connectivity index (χ1n) is 10.1. The molecule has 0 amide bonds. The molecule has 7 heteroatoms. The van der Waals surface area contributed by atoms with Crippen LogP contribution in [0.5, 0.6) is 0 Å². The minimum absolute atomic E-state index is 0.103. The minimum Gasteiger partial charge on any atom is -0.476 e. The Balaban J connectivity index is 2.03. The summed E-state index contributed by atoms with van der Waals surface area (Å²) in [5, 5.41) is 13.7. The zero-order chi connectivity index (χ0) is 21.2. The van der Waals surface area contributed by atoms with Crippen molar-refractivity contribution in [2.24, 2.45) is 0 Å². The fourth-order valence-corrected chi connectivity index (χ4v) is 3.87. The number of carbonyl (C=O) groups is 1. The predicted molar refractivity (Wildman–Crippen MR) is 123 cm³/mol. The van der Waals surface area contributed by atoms with Gasteiger partial charge in [-0.1, -0.05) is 86.7 Å². The van der Waals surface area contributed by atoms with Gasteiger partial charge in [0.25, 0.3) is 0 Å². The molecule has 0 unspecified atom stereocenters. The summed E-state index contributed by atoms with van der Waals surface area (Å²) in [5.74, 6) is -1.18. The van der Waals surface area contributed by atoms with E-state index >= 15 is 0 Å². The number of hydrogen-bond acceptors (Lipinski definition) is 3. The van der Waals surface area contributed by atoms with Gasteiger partial charge in [-0.2, -0.15) is 0 Å². The first-order valence-corrected chi connectivity index (χ1v) is 11.2. The second-order valence-corrected chi connectivity index (χ2v) is 8.27. The number of carboxylic acid groups (broad SMARTS) is 1. The van der Waals surface area contributed by atoms with E-state index in [0.29, 0.717) is 33.5 Å². The third-order valence-corrected chi connectivity index (χ3v) is 5.64. The number of anilines is 1. The van der Waals surface area contributed by atoms with Gasteiger partial charge in [-0.25, -0.2) is 9.78 Å². The third kappa shape index (κ3) is 7.36. The first-order chi connectivity index (χ1) is 13.9. The molecule has 0 fully saturated rings. The van der Waals surface area contributed by atoms with Crippen LogP contribution in [0.1, 0.15) is 68.8 Å². The van der Waals surface area contributed by atoms with Gasteiger partial charge in [-0.3, -0.25) is 0 Å². The van der Waals surface area contributed by atoms with E-state index in [-0.39, 0.29) is 10.7 Å². The van der Waals surface area contributed by atoms with Crippen molar-refractivity contribution in [1.29, 1.82) is 0 Å². The van der Waals surface area contributed by atoms with E-state index in [4.69, 9.17) is 34.8 Å². The monoisotopic (exact) mass is 456 g/mol. The number of unbranched alkanes of at least 4 members (excludes halogenated alkanes) is 7. The molecule has 0 atom stereocenters. The normalized spacial score (nSPS) is 10.9. The molecule has 2 rings (SSSR count). The van der Waals surface area contributed by atoms with Crippen molar-refractivity contribution >= 4 is 46.5 Å². The van der Waals surface area contributed by atoms with Crippen molar-refractivity contribution in [2.45, 2.75) is 58.3 Å². The topological polar surface area (TPSA) is 62.2 Å². The average molecular weight is 458 g/mol. The SMILES string of the molecule is CCCCCCCCCCNc1cc(-c2ccc(Cl)cc2Cl)nc(C(=O)O)c1Cl. The molecule has 1 aromatic carbocycles. The molecule has 2 aromatic rings. The maximum Gasteiger partial charge on any atom is 0.356 e. The van der Waals surface area contributed by atoms with Crippen LogP contribution in [0.15, 0.2) is 24.3 Å². The number of aromatic carboxylic acids is 1. The lowest BCUT2D eigenvalue weighted by molar-refractivity contribution is 0.0691. The van der Waals surface area contributed by atoms with Crippen LogP contribution in [0.4, 0.5) is 5.69 Å². The molecule has 0 aliphatic rings. The molecule has 158 valence electrons. The van der Waals surface area contributed by atoms with Gasteiger partial charge in [-0.05, 0) is 30.7 Å². The van der Waals surface area contributed by atoms with E-state index in [0.717, 1.165) is 12.8 Å². The van der Waals surface area contributed by atoms with Crippen molar-refractivity contribution in [3.8, 4) is 11.3 Å². The Bertz CT molecular complexity index is 828. The summed E-state index contributed by atoms with van der Waals surface area (Å²) in [5.41, 5.74) is 1.38. The average Bonchev–Trinajstić information content (AvgIpc) is 2.68. The number of nitrogens with zero attached hydrogens (tertiary/aromatic N) is 1. The van der Waals surface area contributed by atoms with Crippen molar-refractivity contribution in [1.82, 2.24) is 4.98 Å². The predicted octanol–water partition coefficient (Wildman–Crippen LogP) is 7.96. The maximum atomic E-state index is 11.6. The number of aromatic nitrogens is 1. The van der Waals surface area contributed by atoms with E-state index in [1.54, 1.807) is 24.3 Å². The molecule has 0 aliphatic heterocycles. The number of halogens is 3. The molecular weight excluding hydrogens is 431 g/mol. The largest absolute Gasteiger partial charge is 0.476 e. The first kappa shape index (κ1) is 23.8.